The fourth-order valence-electron chi connectivity index (χ4n) is 1.83. The third-order valence-electron chi connectivity index (χ3n) is 2.84. The van der Waals surface area contributed by atoms with Crippen molar-refractivity contribution in [2.45, 2.75) is 20.3 Å². The Bertz CT molecular complexity index is 569. The minimum absolute atomic E-state index is 0.306. The SMILES string of the molecule is CC(C)CNCCc1ncc(-c2cccc(F)c2Br)o1. The van der Waals surface area contributed by atoms with E-state index >= 15 is 0 Å². The smallest absolute Gasteiger partial charge is 0.196 e. The molecule has 0 aliphatic heterocycles. The summed E-state index contributed by atoms with van der Waals surface area (Å²) in [7, 11) is 0. The lowest BCUT2D eigenvalue weighted by atomic mass is 10.2. The highest BCUT2D eigenvalue weighted by Crippen LogP contribution is 2.30. The molecule has 2 aromatic rings. The molecule has 20 heavy (non-hydrogen) atoms. The van der Waals surface area contributed by atoms with Crippen LogP contribution in [0.25, 0.3) is 11.3 Å². The summed E-state index contributed by atoms with van der Waals surface area (Å²) in [6.45, 7) is 6.13. The number of nitrogens with one attached hydrogen (secondary N) is 1. The predicted molar refractivity (Wildman–Crippen MR) is 81.0 cm³/mol. The van der Waals surface area contributed by atoms with E-state index in [0.717, 1.165) is 19.5 Å². The van der Waals surface area contributed by atoms with Crippen molar-refractivity contribution in [3.63, 3.8) is 0 Å². The van der Waals surface area contributed by atoms with Crippen molar-refractivity contribution < 1.29 is 8.81 Å². The molecule has 0 amide bonds. The third kappa shape index (κ3) is 3.90. The lowest BCUT2D eigenvalue weighted by molar-refractivity contribution is 0.482. The molecule has 1 N–H and O–H groups in total. The number of hydrogen-bond acceptors (Lipinski definition) is 3. The van der Waals surface area contributed by atoms with Gasteiger partial charge in [0.1, 0.15) is 5.82 Å². The van der Waals surface area contributed by atoms with Gasteiger partial charge in [-0.3, -0.25) is 0 Å². The molecule has 0 aliphatic carbocycles. The summed E-state index contributed by atoms with van der Waals surface area (Å²) in [6, 6.07) is 4.86. The summed E-state index contributed by atoms with van der Waals surface area (Å²) >= 11 is 3.23. The van der Waals surface area contributed by atoms with Crippen molar-refractivity contribution in [2.75, 3.05) is 13.1 Å². The maximum absolute atomic E-state index is 13.5. The van der Waals surface area contributed by atoms with Crippen LogP contribution < -0.4 is 5.32 Å². The molecule has 0 aliphatic rings. The van der Waals surface area contributed by atoms with Gasteiger partial charge in [-0.2, -0.15) is 0 Å². The number of oxazole rings is 1. The zero-order valence-corrected chi connectivity index (χ0v) is 13.2. The van der Waals surface area contributed by atoms with Crippen molar-refractivity contribution >= 4 is 15.9 Å². The Balaban J connectivity index is 2.00. The average Bonchev–Trinajstić information content (AvgIpc) is 2.86. The van der Waals surface area contributed by atoms with E-state index in [4.69, 9.17) is 4.42 Å². The van der Waals surface area contributed by atoms with E-state index < -0.39 is 0 Å². The Labute approximate surface area is 126 Å². The molecular weight excluding hydrogens is 323 g/mol. The Morgan fingerprint density at radius 2 is 2.20 bits per heavy atom. The van der Waals surface area contributed by atoms with Crippen LogP contribution in [0.1, 0.15) is 19.7 Å². The van der Waals surface area contributed by atoms with Gasteiger partial charge in [0.05, 0.1) is 10.7 Å². The van der Waals surface area contributed by atoms with E-state index in [1.165, 1.54) is 6.07 Å². The molecule has 0 fully saturated rings. The summed E-state index contributed by atoms with van der Waals surface area (Å²) in [5, 5.41) is 3.33. The summed E-state index contributed by atoms with van der Waals surface area (Å²) in [5.74, 6) is 1.56. The quantitative estimate of drug-likeness (QED) is 0.806. The van der Waals surface area contributed by atoms with Crippen molar-refractivity contribution in [3.8, 4) is 11.3 Å². The molecule has 3 nitrogen and oxygen atoms in total. The van der Waals surface area contributed by atoms with Gasteiger partial charge in [0.25, 0.3) is 0 Å². The molecule has 0 bridgehead atoms. The van der Waals surface area contributed by atoms with E-state index in [1.807, 2.05) is 0 Å². The minimum atomic E-state index is -0.306. The Hall–Kier alpha value is -1.20. The molecule has 1 aromatic carbocycles. The number of halogens is 2. The molecule has 0 radical (unpaired) electrons. The fraction of sp³-hybridized carbons (Fsp3) is 0.400. The summed E-state index contributed by atoms with van der Waals surface area (Å²) in [6.07, 6.45) is 2.36. The van der Waals surface area contributed by atoms with Gasteiger partial charge in [-0.25, -0.2) is 9.37 Å². The Morgan fingerprint density at radius 3 is 2.95 bits per heavy atom. The van der Waals surface area contributed by atoms with Gasteiger partial charge in [-0.15, -0.1) is 0 Å². The highest BCUT2D eigenvalue weighted by atomic mass is 79.9. The van der Waals surface area contributed by atoms with Gasteiger partial charge in [-0.1, -0.05) is 19.9 Å². The molecule has 0 saturated heterocycles. The summed E-state index contributed by atoms with van der Waals surface area (Å²) in [5.41, 5.74) is 0.680. The van der Waals surface area contributed by atoms with E-state index in [0.29, 0.717) is 27.6 Å². The molecule has 1 aromatic heterocycles. The second-order valence-electron chi connectivity index (χ2n) is 5.07. The first-order valence-corrected chi connectivity index (χ1v) is 7.47. The van der Waals surface area contributed by atoms with Gasteiger partial charge in [0, 0.05) is 18.5 Å². The second kappa shape index (κ2) is 6.99. The standard InChI is InChI=1S/C15H18BrFN2O/c1-10(2)8-18-7-6-14-19-9-13(20-14)11-4-3-5-12(17)15(11)16/h3-5,9-10,18H,6-8H2,1-2H3. The van der Waals surface area contributed by atoms with Crippen LogP contribution in [0.2, 0.25) is 0 Å². The van der Waals surface area contributed by atoms with E-state index in [-0.39, 0.29) is 5.82 Å². The monoisotopic (exact) mass is 340 g/mol. The lowest BCUT2D eigenvalue weighted by Crippen LogP contribution is -2.22. The van der Waals surface area contributed by atoms with Crippen molar-refractivity contribution in [3.05, 3.63) is 40.6 Å². The van der Waals surface area contributed by atoms with Crippen LogP contribution >= 0.6 is 15.9 Å². The van der Waals surface area contributed by atoms with Crippen LogP contribution in [0, 0.1) is 11.7 Å². The molecule has 0 unspecified atom stereocenters. The van der Waals surface area contributed by atoms with Crippen molar-refractivity contribution in [1.29, 1.82) is 0 Å². The highest BCUT2D eigenvalue weighted by Gasteiger charge is 2.12. The molecule has 0 spiro atoms. The average molecular weight is 341 g/mol. The van der Waals surface area contributed by atoms with Gasteiger partial charge in [0.15, 0.2) is 11.7 Å². The summed E-state index contributed by atoms with van der Waals surface area (Å²) < 4.78 is 19.5. The molecule has 0 atom stereocenters. The van der Waals surface area contributed by atoms with Crippen molar-refractivity contribution in [1.82, 2.24) is 10.3 Å². The normalized spacial score (nSPS) is 11.2. The molecule has 0 saturated carbocycles. The van der Waals surface area contributed by atoms with E-state index in [9.17, 15) is 4.39 Å². The van der Waals surface area contributed by atoms with Crippen LogP contribution in [0.15, 0.2) is 33.3 Å². The molecule has 2 rings (SSSR count). The Kier molecular flexibility index (Phi) is 5.31. The number of hydrogen-bond donors (Lipinski definition) is 1. The zero-order valence-electron chi connectivity index (χ0n) is 11.6. The van der Waals surface area contributed by atoms with Crippen molar-refractivity contribution in [2.24, 2.45) is 5.92 Å². The van der Waals surface area contributed by atoms with Crippen LogP contribution in [0.3, 0.4) is 0 Å². The van der Waals surface area contributed by atoms with Crippen LogP contribution in [-0.2, 0) is 6.42 Å². The number of aromatic nitrogens is 1. The zero-order chi connectivity index (χ0) is 14.5. The van der Waals surface area contributed by atoms with E-state index in [2.05, 4.69) is 40.1 Å². The Morgan fingerprint density at radius 1 is 1.40 bits per heavy atom. The minimum Gasteiger partial charge on any atom is -0.441 e. The number of rotatable bonds is 6. The highest BCUT2D eigenvalue weighted by molar-refractivity contribution is 9.10. The first-order valence-electron chi connectivity index (χ1n) is 6.67. The first-order chi connectivity index (χ1) is 9.58. The molecular formula is C15H18BrFN2O. The predicted octanol–water partition coefficient (Wildman–Crippen LogP) is 4.03. The number of benzene rings is 1. The summed E-state index contributed by atoms with van der Waals surface area (Å²) in [4.78, 5) is 4.23. The van der Waals surface area contributed by atoms with Gasteiger partial charge >= 0.3 is 0 Å². The van der Waals surface area contributed by atoms with Crippen LogP contribution in [-0.4, -0.2) is 18.1 Å². The fourth-order valence-corrected chi connectivity index (χ4v) is 2.29. The topological polar surface area (TPSA) is 38.1 Å². The van der Waals surface area contributed by atoms with Gasteiger partial charge in [0.2, 0.25) is 0 Å². The van der Waals surface area contributed by atoms with Gasteiger partial charge < -0.3 is 9.73 Å². The largest absolute Gasteiger partial charge is 0.441 e. The van der Waals surface area contributed by atoms with Gasteiger partial charge in [-0.05, 0) is 40.5 Å². The maximum Gasteiger partial charge on any atom is 0.196 e. The van der Waals surface area contributed by atoms with Crippen LogP contribution in [0.5, 0.6) is 0 Å². The molecule has 1 heterocycles. The van der Waals surface area contributed by atoms with E-state index in [1.54, 1.807) is 18.3 Å². The molecule has 108 valence electrons. The lowest BCUT2D eigenvalue weighted by Gasteiger charge is -2.05. The second-order valence-corrected chi connectivity index (χ2v) is 5.86. The molecule has 5 heteroatoms. The number of nitrogens with zero attached hydrogens (tertiary/aromatic N) is 1. The van der Waals surface area contributed by atoms with Crippen LogP contribution in [0.4, 0.5) is 4.39 Å². The maximum atomic E-state index is 13.5. The third-order valence-corrected chi connectivity index (χ3v) is 3.64. The first kappa shape index (κ1) is 15.2.